The SMILES string of the molecule is N#CC1C(=O)N[C@@]2(c3ccccc3)NC(=O)[C@H](C#N)C12c1ccccc1. The van der Waals surface area contributed by atoms with Crippen LogP contribution in [0.15, 0.2) is 60.7 Å². The molecule has 126 valence electrons. The van der Waals surface area contributed by atoms with Crippen molar-refractivity contribution in [1.29, 1.82) is 10.5 Å². The lowest BCUT2D eigenvalue weighted by atomic mass is 9.59. The van der Waals surface area contributed by atoms with Gasteiger partial charge < -0.3 is 10.6 Å². The first-order chi connectivity index (χ1) is 12.6. The fraction of sp³-hybridized carbons (Fsp3) is 0.200. The Labute approximate surface area is 150 Å². The minimum absolute atomic E-state index is 0.500. The van der Waals surface area contributed by atoms with Crippen LogP contribution in [0.25, 0.3) is 0 Å². The minimum atomic E-state index is -1.37. The number of nitriles is 2. The van der Waals surface area contributed by atoms with Gasteiger partial charge in [0.1, 0.15) is 11.8 Å². The highest BCUT2D eigenvalue weighted by atomic mass is 16.2. The van der Waals surface area contributed by atoms with E-state index in [9.17, 15) is 20.1 Å². The van der Waals surface area contributed by atoms with Gasteiger partial charge >= 0.3 is 0 Å². The molecule has 2 unspecified atom stereocenters. The second-order valence-electron chi connectivity index (χ2n) is 6.45. The summed E-state index contributed by atoms with van der Waals surface area (Å²) in [5, 5.41) is 25.3. The van der Waals surface area contributed by atoms with Crippen LogP contribution in [-0.2, 0) is 20.7 Å². The molecule has 2 fully saturated rings. The lowest BCUT2D eigenvalue weighted by molar-refractivity contribution is -0.125. The van der Waals surface area contributed by atoms with Crippen molar-refractivity contribution in [2.24, 2.45) is 11.8 Å². The standard InChI is InChI=1S/C20H14N4O2/c21-11-15-17(25)23-20(14-9-5-2-6-10-14)19(15,13-7-3-1-4-8-13)16(12-22)18(26)24-20/h1-10,15-16H,(H,23,25)(H,24,26)/t15-,16?,19?,20+/m0/s1. The molecule has 4 atom stereocenters. The summed E-state index contributed by atoms with van der Waals surface area (Å²) in [6.45, 7) is 0. The molecule has 0 bridgehead atoms. The third kappa shape index (κ3) is 1.68. The molecule has 2 heterocycles. The first-order valence-electron chi connectivity index (χ1n) is 8.16. The molecule has 0 spiro atoms. The zero-order valence-electron chi connectivity index (χ0n) is 13.6. The van der Waals surface area contributed by atoms with Crippen LogP contribution >= 0.6 is 0 Å². The molecule has 2 aromatic carbocycles. The number of amides is 2. The molecular formula is C20H14N4O2. The van der Waals surface area contributed by atoms with Crippen molar-refractivity contribution < 1.29 is 9.59 Å². The molecule has 0 saturated carbocycles. The molecule has 0 aliphatic carbocycles. The average molecular weight is 342 g/mol. The van der Waals surface area contributed by atoms with Gasteiger partial charge in [0, 0.05) is 0 Å². The number of carbonyl (C=O) groups excluding carboxylic acids is 2. The maximum Gasteiger partial charge on any atom is 0.240 e. The number of benzene rings is 2. The highest BCUT2D eigenvalue weighted by Crippen LogP contribution is 2.58. The first-order valence-corrected chi connectivity index (χ1v) is 8.16. The van der Waals surface area contributed by atoms with E-state index >= 15 is 0 Å². The van der Waals surface area contributed by atoms with E-state index in [0.29, 0.717) is 11.1 Å². The first kappa shape index (κ1) is 15.9. The Morgan fingerprint density at radius 2 is 1.15 bits per heavy atom. The predicted octanol–water partition coefficient (Wildman–Crippen LogP) is 1.32. The van der Waals surface area contributed by atoms with E-state index in [1.165, 1.54) is 0 Å². The highest BCUT2D eigenvalue weighted by Gasteiger charge is 2.75. The van der Waals surface area contributed by atoms with Gasteiger partial charge in [0.15, 0.2) is 5.66 Å². The number of hydrogen-bond acceptors (Lipinski definition) is 4. The summed E-state index contributed by atoms with van der Waals surface area (Å²) in [7, 11) is 0. The molecule has 2 saturated heterocycles. The zero-order valence-corrected chi connectivity index (χ0v) is 13.6. The molecule has 0 aromatic heterocycles. The summed E-state index contributed by atoms with van der Waals surface area (Å²) >= 11 is 0. The number of carbonyl (C=O) groups is 2. The second-order valence-corrected chi connectivity index (χ2v) is 6.45. The molecule has 4 rings (SSSR count). The molecule has 26 heavy (non-hydrogen) atoms. The van der Waals surface area contributed by atoms with E-state index in [1.54, 1.807) is 48.5 Å². The fourth-order valence-corrected chi connectivity index (χ4v) is 4.42. The predicted molar refractivity (Wildman–Crippen MR) is 90.7 cm³/mol. The summed E-state index contributed by atoms with van der Waals surface area (Å²) < 4.78 is 0. The van der Waals surface area contributed by atoms with Crippen LogP contribution in [-0.4, -0.2) is 11.8 Å². The van der Waals surface area contributed by atoms with Gasteiger partial charge in [-0.15, -0.1) is 0 Å². The summed E-state index contributed by atoms with van der Waals surface area (Å²) in [6, 6.07) is 21.9. The van der Waals surface area contributed by atoms with Crippen LogP contribution in [0, 0.1) is 34.5 Å². The van der Waals surface area contributed by atoms with E-state index < -0.39 is 34.7 Å². The van der Waals surface area contributed by atoms with E-state index in [1.807, 2.05) is 24.3 Å². The number of nitrogens with one attached hydrogen (secondary N) is 2. The van der Waals surface area contributed by atoms with E-state index in [0.717, 1.165) is 0 Å². The average Bonchev–Trinajstić information content (AvgIpc) is 3.07. The lowest BCUT2D eigenvalue weighted by Gasteiger charge is -2.41. The van der Waals surface area contributed by atoms with Gasteiger partial charge in [-0.2, -0.15) is 10.5 Å². The molecule has 2 aliphatic heterocycles. The molecule has 2 amide bonds. The molecule has 6 nitrogen and oxygen atoms in total. The minimum Gasteiger partial charge on any atom is -0.327 e. The molecule has 2 N–H and O–H groups in total. The van der Waals surface area contributed by atoms with E-state index in [4.69, 9.17) is 0 Å². The number of rotatable bonds is 2. The molecular weight excluding hydrogens is 328 g/mol. The number of hydrogen-bond donors (Lipinski definition) is 2. The lowest BCUT2D eigenvalue weighted by Crippen LogP contribution is -2.58. The molecule has 2 aliphatic rings. The van der Waals surface area contributed by atoms with Crippen LogP contribution in [0.2, 0.25) is 0 Å². The number of nitrogens with zero attached hydrogens (tertiary/aromatic N) is 2. The van der Waals surface area contributed by atoms with Crippen molar-refractivity contribution in [3.8, 4) is 12.1 Å². The van der Waals surface area contributed by atoms with Crippen molar-refractivity contribution in [2.75, 3.05) is 0 Å². The van der Waals surface area contributed by atoms with E-state index in [2.05, 4.69) is 10.6 Å². The zero-order chi connectivity index (χ0) is 18.4. The van der Waals surface area contributed by atoms with Gasteiger partial charge in [-0.3, -0.25) is 9.59 Å². The Kier molecular flexibility index (Phi) is 3.32. The Hall–Kier alpha value is -3.64. The van der Waals surface area contributed by atoms with Gasteiger partial charge in [-0.1, -0.05) is 60.7 Å². The van der Waals surface area contributed by atoms with Crippen LogP contribution in [0.1, 0.15) is 11.1 Å². The molecule has 0 radical (unpaired) electrons. The third-order valence-corrected chi connectivity index (χ3v) is 5.39. The third-order valence-electron chi connectivity index (χ3n) is 5.39. The maximum atomic E-state index is 12.7. The van der Waals surface area contributed by atoms with Crippen molar-refractivity contribution in [2.45, 2.75) is 11.1 Å². The summed E-state index contributed by atoms with van der Waals surface area (Å²) in [5.74, 6) is -3.37. The fourth-order valence-electron chi connectivity index (χ4n) is 4.42. The maximum absolute atomic E-state index is 12.7. The van der Waals surface area contributed by atoms with Crippen molar-refractivity contribution >= 4 is 11.8 Å². The Morgan fingerprint density at radius 3 is 1.58 bits per heavy atom. The summed E-state index contributed by atoms with van der Waals surface area (Å²) in [4.78, 5) is 25.5. The van der Waals surface area contributed by atoms with Gasteiger partial charge in [0.2, 0.25) is 11.8 Å². The van der Waals surface area contributed by atoms with Crippen molar-refractivity contribution in [1.82, 2.24) is 10.6 Å². The van der Waals surface area contributed by atoms with Crippen molar-refractivity contribution in [3.05, 3.63) is 71.8 Å². The Balaban J connectivity index is 2.13. The molecule has 2 aromatic rings. The van der Waals surface area contributed by atoms with Gasteiger partial charge in [-0.05, 0) is 11.1 Å². The summed E-state index contributed by atoms with van der Waals surface area (Å²) in [5.41, 5.74) is -1.50. The Morgan fingerprint density at radius 1 is 0.731 bits per heavy atom. The Bertz CT molecular complexity index is 936. The van der Waals surface area contributed by atoms with Crippen LogP contribution in [0.4, 0.5) is 0 Å². The quantitative estimate of drug-likeness (QED) is 0.858. The van der Waals surface area contributed by atoms with Crippen LogP contribution in [0.5, 0.6) is 0 Å². The monoisotopic (exact) mass is 342 g/mol. The summed E-state index contributed by atoms with van der Waals surface area (Å²) in [6.07, 6.45) is 0. The largest absolute Gasteiger partial charge is 0.327 e. The normalized spacial score (nSPS) is 32.1. The van der Waals surface area contributed by atoms with Crippen LogP contribution < -0.4 is 10.6 Å². The van der Waals surface area contributed by atoms with Gasteiger partial charge in [0.25, 0.3) is 0 Å². The highest BCUT2D eigenvalue weighted by molar-refractivity contribution is 5.97. The van der Waals surface area contributed by atoms with Crippen molar-refractivity contribution in [3.63, 3.8) is 0 Å². The number of fused-ring (bicyclic) bond motifs is 1. The van der Waals surface area contributed by atoms with E-state index in [-0.39, 0.29) is 0 Å². The van der Waals surface area contributed by atoms with Gasteiger partial charge in [-0.25, -0.2) is 0 Å². The van der Waals surface area contributed by atoms with Gasteiger partial charge in [0.05, 0.1) is 17.6 Å². The smallest absolute Gasteiger partial charge is 0.240 e. The van der Waals surface area contributed by atoms with Crippen LogP contribution in [0.3, 0.4) is 0 Å². The second kappa shape index (κ2) is 5.44. The molecule has 6 heteroatoms. The topological polar surface area (TPSA) is 106 Å².